The van der Waals surface area contributed by atoms with Gasteiger partial charge in [-0.1, -0.05) is 67.6 Å². The third kappa shape index (κ3) is 5.02. The standard InChI is InChI=1S/C24H25F2N7/c1-3-5-10-21-27-23(24(25,26)15-4-2)30-33(21)16-17-11-13-18(14-12-17)19-8-6-7-9-20(19)22-28-31-32-29-22/h3,5-9,11-14H,4,10,15-16H2,1-2H3,(H,28,29,31,32). The van der Waals surface area contributed by atoms with E-state index >= 15 is 0 Å². The number of hydrogen-bond acceptors (Lipinski definition) is 5. The van der Waals surface area contributed by atoms with Gasteiger partial charge in [-0.25, -0.2) is 9.67 Å². The van der Waals surface area contributed by atoms with E-state index in [1.807, 2.05) is 67.6 Å². The highest BCUT2D eigenvalue weighted by atomic mass is 19.3. The molecule has 0 bridgehead atoms. The fourth-order valence-corrected chi connectivity index (χ4v) is 3.62. The molecule has 0 aliphatic carbocycles. The maximum Gasteiger partial charge on any atom is 0.308 e. The molecule has 7 nitrogen and oxygen atoms in total. The average molecular weight is 450 g/mol. The summed E-state index contributed by atoms with van der Waals surface area (Å²) >= 11 is 0. The van der Waals surface area contributed by atoms with Crippen LogP contribution in [0.1, 0.15) is 43.9 Å². The molecular formula is C24H25F2N7. The lowest BCUT2D eigenvalue weighted by Crippen LogP contribution is -2.15. The minimum Gasteiger partial charge on any atom is -0.245 e. The van der Waals surface area contributed by atoms with Crippen molar-refractivity contribution in [1.82, 2.24) is 35.4 Å². The summed E-state index contributed by atoms with van der Waals surface area (Å²) in [4.78, 5) is 4.17. The van der Waals surface area contributed by atoms with Gasteiger partial charge in [0.1, 0.15) is 5.82 Å². The molecule has 0 radical (unpaired) electrons. The number of nitrogens with one attached hydrogen (secondary N) is 1. The molecule has 33 heavy (non-hydrogen) atoms. The number of tetrazole rings is 1. The Bertz CT molecular complexity index is 1210. The Morgan fingerprint density at radius 1 is 1.06 bits per heavy atom. The number of nitrogens with zero attached hydrogens (tertiary/aromatic N) is 6. The molecule has 2 aromatic carbocycles. The molecule has 0 fully saturated rings. The number of hydrogen-bond donors (Lipinski definition) is 1. The zero-order valence-corrected chi connectivity index (χ0v) is 18.5. The molecule has 0 unspecified atom stereocenters. The lowest BCUT2D eigenvalue weighted by molar-refractivity contribution is -0.0232. The van der Waals surface area contributed by atoms with E-state index in [1.165, 1.54) is 0 Å². The van der Waals surface area contributed by atoms with Crippen molar-refractivity contribution in [1.29, 1.82) is 0 Å². The van der Waals surface area contributed by atoms with Crippen molar-refractivity contribution in [3.05, 3.63) is 77.9 Å². The van der Waals surface area contributed by atoms with Gasteiger partial charge < -0.3 is 0 Å². The zero-order chi connectivity index (χ0) is 23.3. The second-order valence-electron chi connectivity index (χ2n) is 7.71. The molecule has 0 aliphatic rings. The van der Waals surface area contributed by atoms with Crippen molar-refractivity contribution in [3.8, 4) is 22.5 Å². The van der Waals surface area contributed by atoms with E-state index in [-0.39, 0.29) is 6.42 Å². The SMILES string of the molecule is CC=CCc1nc(C(F)(F)CCC)nn1Cc1ccc(-c2ccccc2-c2nn[nH]n2)cc1. The van der Waals surface area contributed by atoms with Crippen molar-refractivity contribution in [3.63, 3.8) is 0 Å². The second-order valence-corrected chi connectivity index (χ2v) is 7.71. The van der Waals surface area contributed by atoms with Crippen LogP contribution in [-0.4, -0.2) is 35.4 Å². The lowest BCUT2D eigenvalue weighted by atomic mass is 9.98. The van der Waals surface area contributed by atoms with Gasteiger partial charge in [0.05, 0.1) is 6.54 Å². The molecule has 0 amide bonds. The van der Waals surface area contributed by atoms with Crippen molar-refractivity contribution in [2.24, 2.45) is 0 Å². The Morgan fingerprint density at radius 2 is 1.82 bits per heavy atom. The van der Waals surface area contributed by atoms with Crippen LogP contribution < -0.4 is 0 Å². The first-order valence-corrected chi connectivity index (χ1v) is 10.9. The summed E-state index contributed by atoms with van der Waals surface area (Å²) in [6.45, 7) is 3.97. The smallest absolute Gasteiger partial charge is 0.245 e. The highest BCUT2D eigenvalue weighted by Gasteiger charge is 2.36. The van der Waals surface area contributed by atoms with E-state index < -0.39 is 11.7 Å². The first-order valence-electron chi connectivity index (χ1n) is 10.9. The fraction of sp³-hybridized carbons (Fsp3) is 0.292. The largest absolute Gasteiger partial charge is 0.308 e. The number of rotatable bonds is 9. The van der Waals surface area contributed by atoms with Crippen LogP contribution in [0, 0.1) is 0 Å². The van der Waals surface area contributed by atoms with Crippen molar-refractivity contribution >= 4 is 0 Å². The molecule has 2 heterocycles. The Labute approximate surface area is 190 Å². The Balaban J connectivity index is 1.61. The first-order chi connectivity index (χ1) is 16.0. The lowest BCUT2D eigenvalue weighted by Gasteiger charge is -2.10. The Hall–Kier alpha value is -3.75. The van der Waals surface area contributed by atoms with Crippen LogP contribution in [-0.2, 0) is 18.9 Å². The van der Waals surface area contributed by atoms with Gasteiger partial charge in [0, 0.05) is 18.4 Å². The van der Waals surface area contributed by atoms with Gasteiger partial charge in [-0.2, -0.15) is 14.0 Å². The topological polar surface area (TPSA) is 85.2 Å². The quantitative estimate of drug-likeness (QED) is 0.356. The molecule has 170 valence electrons. The van der Waals surface area contributed by atoms with Crippen LogP contribution in [0.3, 0.4) is 0 Å². The van der Waals surface area contributed by atoms with Crippen LogP contribution in [0.15, 0.2) is 60.7 Å². The van der Waals surface area contributed by atoms with Gasteiger partial charge in [-0.15, -0.1) is 15.3 Å². The maximum absolute atomic E-state index is 14.4. The third-order valence-corrected chi connectivity index (χ3v) is 5.29. The van der Waals surface area contributed by atoms with Gasteiger partial charge >= 0.3 is 5.92 Å². The van der Waals surface area contributed by atoms with Crippen LogP contribution >= 0.6 is 0 Å². The van der Waals surface area contributed by atoms with Gasteiger partial charge in [0.15, 0.2) is 0 Å². The molecule has 0 atom stereocenters. The Morgan fingerprint density at radius 3 is 2.48 bits per heavy atom. The number of aromatic nitrogens is 7. The van der Waals surface area contributed by atoms with Gasteiger partial charge in [-0.05, 0) is 35.2 Å². The summed E-state index contributed by atoms with van der Waals surface area (Å²) in [6, 6.07) is 15.7. The summed E-state index contributed by atoms with van der Waals surface area (Å²) in [5.74, 6) is -2.40. The van der Waals surface area contributed by atoms with E-state index in [4.69, 9.17) is 0 Å². The van der Waals surface area contributed by atoms with Gasteiger partial charge in [0.2, 0.25) is 11.6 Å². The number of halogens is 2. The van der Waals surface area contributed by atoms with Gasteiger partial charge in [0.25, 0.3) is 0 Å². The van der Waals surface area contributed by atoms with E-state index in [0.29, 0.717) is 31.0 Å². The minimum atomic E-state index is -3.03. The molecule has 0 saturated heterocycles. The maximum atomic E-state index is 14.4. The highest BCUT2D eigenvalue weighted by Crippen LogP contribution is 2.32. The highest BCUT2D eigenvalue weighted by molar-refractivity contribution is 5.80. The Kier molecular flexibility index (Phi) is 6.67. The minimum absolute atomic E-state index is 0.269. The predicted molar refractivity (Wildman–Crippen MR) is 121 cm³/mol. The van der Waals surface area contributed by atoms with Crippen LogP contribution in [0.5, 0.6) is 0 Å². The van der Waals surface area contributed by atoms with E-state index in [0.717, 1.165) is 22.3 Å². The van der Waals surface area contributed by atoms with E-state index in [1.54, 1.807) is 11.6 Å². The van der Waals surface area contributed by atoms with Crippen LogP contribution in [0.2, 0.25) is 0 Å². The molecule has 0 saturated carbocycles. The van der Waals surface area contributed by atoms with E-state index in [2.05, 4.69) is 30.7 Å². The number of benzene rings is 2. The zero-order valence-electron chi connectivity index (χ0n) is 18.5. The number of allylic oxidation sites excluding steroid dienone is 2. The average Bonchev–Trinajstić information content (AvgIpc) is 3.49. The van der Waals surface area contributed by atoms with Crippen molar-refractivity contribution in [2.45, 2.75) is 45.6 Å². The number of alkyl halides is 2. The summed E-state index contributed by atoms with van der Waals surface area (Å²) in [7, 11) is 0. The summed E-state index contributed by atoms with van der Waals surface area (Å²) in [5.41, 5.74) is 3.77. The van der Waals surface area contributed by atoms with Gasteiger partial charge in [-0.3, -0.25) is 0 Å². The molecule has 1 N–H and O–H groups in total. The first kappa shape index (κ1) is 22.4. The van der Waals surface area contributed by atoms with Crippen LogP contribution in [0.4, 0.5) is 8.78 Å². The molecule has 4 rings (SSSR count). The molecule has 4 aromatic rings. The molecule has 0 aliphatic heterocycles. The molecular weight excluding hydrogens is 424 g/mol. The summed E-state index contributed by atoms with van der Waals surface area (Å²) in [6.07, 6.45) is 4.30. The number of aromatic amines is 1. The monoisotopic (exact) mass is 449 g/mol. The molecule has 0 spiro atoms. The molecule has 9 heteroatoms. The van der Waals surface area contributed by atoms with E-state index in [9.17, 15) is 8.78 Å². The normalized spacial score (nSPS) is 12.0. The third-order valence-electron chi connectivity index (χ3n) is 5.29. The number of H-pyrrole nitrogens is 1. The molecule has 2 aromatic heterocycles. The van der Waals surface area contributed by atoms with Crippen LogP contribution in [0.25, 0.3) is 22.5 Å². The second kappa shape index (κ2) is 9.81. The van der Waals surface area contributed by atoms with Crippen molar-refractivity contribution < 1.29 is 8.78 Å². The fourth-order valence-electron chi connectivity index (χ4n) is 3.62. The summed E-state index contributed by atoms with van der Waals surface area (Å²) in [5, 5.41) is 18.5. The summed E-state index contributed by atoms with van der Waals surface area (Å²) < 4.78 is 30.4. The predicted octanol–water partition coefficient (Wildman–Crippen LogP) is 5.18. The van der Waals surface area contributed by atoms with Crippen molar-refractivity contribution in [2.75, 3.05) is 0 Å².